The van der Waals surface area contributed by atoms with Crippen LogP contribution in [0.4, 0.5) is 0 Å². The molecule has 198 valence electrons. The SMILES string of the molecule is COC(=O)[C@H]1O[C@@H](OC[C@H](N)C(=O)OCc2ccccc2)[C@H](OC(C)=O)[C@@H](OC(C)=O)[C@@H]1OC(C)=O. The van der Waals surface area contributed by atoms with Crippen LogP contribution in [0, 0.1) is 0 Å². The van der Waals surface area contributed by atoms with Crippen molar-refractivity contribution in [2.75, 3.05) is 13.7 Å². The molecule has 0 aromatic heterocycles. The van der Waals surface area contributed by atoms with E-state index in [0.717, 1.165) is 33.4 Å². The molecule has 13 heteroatoms. The fraction of sp³-hybridized carbons (Fsp3) is 0.522. The Morgan fingerprint density at radius 2 is 1.44 bits per heavy atom. The van der Waals surface area contributed by atoms with E-state index >= 15 is 0 Å². The topological polar surface area (TPSA) is 176 Å². The van der Waals surface area contributed by atoms with Gasteiger partial charge in [-0.25, -0.2) is 4.79 Å². The number of carbonyl (C=O) groups excluding carboxylic acids is 5. The zero-order chi connectivity index (χ0) is 26.8. The number of hydrogen-bond donors (Lipinski definition) is 1. The number of ether oxygens (including phenoxy) is 7. The van der Waals surface area contributed by atoms with Gasteiger partial charge in [-0.15, -0.1) is 0 Å². The highest BCUT2D eigenvalue weighted by Crippen LogP contribution is 2.30. The molecule has 0 spiro atoms. The molecule has 0 aliphatic carbocycles. The fourth-order valence-corrected chi connectivity index (χ4v) is 3.32. The van der Waals surface area contributed by atoms with Gasteiger partial charge in [0.2, 0.25) is 0 Å². The van der Waals surface area contributed by atoms with Crippen molar-refractivity contribution >= 4 is 29.8 Å². The maximum atomic E-state index is 12.4. The van der Waals surface area contributed by atoms with Gasteiger partial charge >= 0.3 is 29.8 Å². The predicted octanol–water partition coefficient (Wildman–Crippen LogP) is -0.233. The van der Waals surface area contributed by atoms with Crippen LogP contribution in [0.2, 0.25) is 0 Å². The first kappa shape index (κ1) is 28.7. The Kier molecular flexibility index (Phi) is 10.8. The Labute approximate surface area is 207 Å². The Morgan fingerprint density at radius 1 is 0.889 bits per heavy atom. The number of nitrogens with two attached hydrogens (primary N) is 1. The van der Waals surface area contributed by atoms with Crippen molar-refractivity contribution < 1.29 is 57.1 Å². The molecule has 0 amide bonds. The van der Waals surface area contributed by atoms with Crippen LogP contribution < -0.4 is 5.73 Å². The summed E-state index contributed by atoms with van der Waals surface area (Å²) in [6, 6.07) is 7.60. The number of carbonyl (C=O) groups is 5. The molecular weight excluding hydrogens is 482 g/mol. The van der Waals surface area contributed by atoms with Crippen LogP contribution in [-0.2, 0) is 63.7 Å². The summed E-state index contributed by atoms with van der Waals surface area (Å²) in [4.78, 5) is 59.9. The monoisotopic (exact) mass is 511 g/mol. The van der Waals surface area contributed by atoms with E-state index in [0.29, 0.717) is 0 Å². The summed E-state index contributed by atoms with van der Waals surface area (Å²) in [5, 5.41) is 0. The van der Waals surface area contributed by atoms with Gasteiger partial charge in [0.05, 0.1) is 13.7 Å². The molecule has 1 heterocycles. The maximum absolute atomic E-state index is 12.4. The molecule has 0 unspecified atom stereocenters. The van der Waals surface area contributed by atoms with Crippen molar-refractivity contribution in [2.24, 2.45) is 5.73 Å². The second kappa shape index (κ2) is 13.5. The van der Waals surface area contributed by atoms with Gasteiger partial charge < -0.3 is 38.9 Å². The van der Waals surface area contributed by atoms with Crippen LogP contribution in [0.5, 0.6) is 0 Å². The fourth-order valence-electron chi connectivity index (χ4n) is 3.32. The van der Waals surface area contributed by atoms with Crippen LogP contribution in [0.3, 0.4) is 0 Å². The van der Waals surface area contributed by atoms with Crippen molar-refractivity contribution in [1.29, 1.82) is 0 Å². The lowest BCUT2D eigenvalue weighted by Crippen LogP contribution is -2.64. The summed E-state index contributed by atoms with van der Waals surface area (Å²) >= 11 is 0. The number of esters is 5. The highest BCUT2D eigenvalue weighted by Gasteiger charge is 2.55. The third-order valence-electron chi connectivity index (χ3n) is 4.80. The van der Waals surface area contributed by atoms with Crippen LogP contribution in [0.1, 0.15) is 26.3 Å². The number of rotatable bonds is 10. The molecule has 1 aromatic rings. The van der Waals surface area contributed by atoms with Crippen LogP contribution in [0.15, 0.2) is 30.3 Å². The molecule has 1 fully saturated rings. The second-order valence-corrected chi connectivity index (χ2v) is 7.70. The Morgan fingerprint density at radius 3 is 2.00 bits per heavy atom. The average Bonchev–Trinajstić information content (AvgIpc) is 2.82. The summed E-state index contributed by atoms with van der Waals surface area (Å²) in [5.41, 5.74) is 6.61. The highest BCUT2D eigenvalue weighted by molar-refractivity contribution is 5.77. The normalized spacial score (nSPS) is 24.1. The first-order chi connectivity index (χ1) is 17.0. The van der Waals surface area contributed by atoms with Gasteiger partial charge in [0.1, 0.15) is 12.6 Å². The molecule has 6 atom stereocenters. The Bertz CT molecular complexity index is 936. The van der Waals surface area contributed by atoms with E-state index in [1.54, 1.807) is 24.3 Å². The lowest BCUT2D eigenvalue weighted by atomic mass is 9.97. The minimum Gasteiger partial charge on any atom is -0.467 e. The molecule has 2 N–H and O–H groups in total. The van der Waals surface area contributed by atoms with Crippen molar-refractivity contribution in [1.82, 2.24) is 0 Å². The molecule has 0 saturated carbocycles. The summed E-state index contributed by atoms with van der Waals surface area (Å²) in [6.45, 7) is 2.68. The predicted molar refractivity (Wildman–Crippen MR) is 118 cm³/mol. The molecule has 1 aliphatic heterocycles. The van der Waals surface area contributed by atoms with E-state index in [2.05, 4.69) is 0 Å². The summed E-state index contributed by atoms with van der Waals surface area (Å²) in [7, 11) is 1.06. The number of benzene rings is 1. The van der Waals surface area contributed by atoms with Crippen molar-refractivity contribution in [2.45, 2.75) is 64.1 Å². The van der Waals surface area contributed by atoms with Gasteiger partial charge in [-0.1, -0.05) is 30.3 Å². The zero-order valence-electron chi connectivity index (χ0n) is 20.2. The van der Waals surface area contributed by atoms with Crippen LogP contribution >= 0.6 is 0 Å². The summed E-state index contributed by atoms with van der Waals surface area (Å²) in [6.07, 6.45) is -7.74. The molecular formula is C23H29NO12. The summed E-state index contributed by atoms with van der Waals surface area (Å²) < 4.78 is 36.6. The van der Waals surface area contributed by atoms with Gasteiger partial charge in [-0.2, -0.15) is 0 Å². The molecule has 1 aromatic carbocycles. The first-order valence-electron chi connectivity index (χ1n) is 10.9. The third-order valence-corrected chi connectivity index (χ3v) is 4.80. The standard InChI is InChI=1S/C23H29NO12/c1-12(25)33-17-18(34-13(2)26)20(35-14(3)27)23(36-19(17)22(29)30-4)32-11-16(24)21(28)31-10-15-8-6-5-7-9-15/h5-9,16-20,23H,10-11,24H2,1-4H3/t16-,17-,18-,19-,20+,23+/m0/s1. The van der Waals surface area contributed by atoms with E-state index in [1.807, 2.05) is 6.07 Å². The average molecular weight is 511 g/mol. The second-order valence-electron chi connectivity index (χ2n) is 7.70. The van der Waals surface area contributed by atoms with E-state index in [1.165, 1.54) is 0 Å². The lowest BCUT2D eigenvalue weighted by molar-refractivity contribution is -0.302. The van der Waals surface area contributed by atoms with Crippen LogP contribution in [0.25, 0.3) is 0 Å². The van der Waals surface area contributed by atoms with Crippen LogP contribution in [-0.4, -0.2) is 80.3 Å². The highest BCUT2D eigenvalue weighted by atomic mass is 16.7. The van der Waals surface area contributed by atoms with Gasteiger partial charge in [0.15, 0.2) is 30.7 Å². The molecule has 2 rings (SSSR count). The molecule has 1 aliphatic rings. The van der Waals surface area contributed by atoms with Crippen molar-refractivity contribution in [3.8, 4) is 0 Å². The lowest BCUT2D eigenvalue weighted by Gasteiger charge is -2.43. The minimum atomic E-state index is -1.62. The molecule has 0 radical (unpaired) electrons. The zero-order valence-corrected chi connectivity index (χ0v) is 20.2. The molecule has 0 bridgehead atoms. The van der Waals surface area contributed by atoms with Gasteiger partial charge in [-0.3, -0.25) is 19.2 Å². The molecule has 36 heavy (non-hydrogen) atoms. The van der Waals surface area contributed by atoms with Gasteiger partial charge in [0, 0.05) is 20.8 Å². The third kappa shape index (κ3) is 8.29. The Hall–Kier alpha value is -3.55. The summed E-state index contributed by atoms with van der Waals surface area (Å²) in [5.74, 6) is -4.27. The first-order valence-corrected chi connectivity index (χ1v) is 10.9. The number of hydrogen-bond acceptors (Lipinski definition) is 13. The van der Waals surface area contributed by atoms with Crippen molar-refractivity contribution in [3.05, 3.63) is 35.9 Å². The minimum absolute atomic E-state index is 0.0214. The molecule has 13 nitrogen and oxygen atoms in total. The van der Waals surface area contributed by atoms with Gasteiger partial charge in [-0.05, 0) is 5.56 Å². The maximum Gasteiger partial charge on any atom is 0.339 e. The smallest absolute Gasteiger partial charge is 0.339 e. The van der Waals surface area contributed by atoms with Gasteiger partial charge in [0.25, 0.3) is 0 Å². The Balaban J connectivity index is 2.21. The van der Waals surface area contributed by atoms with E-state index in [-0.39, 0.29) is 6.61 Å². The molecule has 1 saturated heterocycles. The largest absolute Gasteiger partial charge is 0.467 e. The van der Waals surface area contributed by atoms with E-state index in [9.17, 15) is 24.0 Å². The van der Waals surface area contributed by atoms with E-state index < -0.39 is 73.2 Å². The van der Waals surface area contributed by atoms with E-state index in [4.69, 9.17) is 38.9 Å². The van der Waals surface area contributed by atoms with Crippen molar-refractivity contribution in [3.63, 3.8) is 0 Å². The quantitative estimate of drug-likeness (QED) is 0.322. The number of methoxy groups -OCH3 is 1.